The first-order valence-electron chi connectivity index (χ1n) is 8.68. The molecule has 1 saturated heterocycles. The first kappa shape index (κ1) is 16.9. The molecule has 0 spiro atoms. The van der Waals surface area contributed by atoms with Gasteiger partial charge in [0.05, 0.1) is 23.3 Å². The van der Waals surface area contributed by atoms with Crippen LogP contribution in [0.5, 0.6) is 0 Å². The fourth-order valence-electron chi connectivity index (χ4n) is 3.15. The Kier molecular flexibility index (Phi) is 5.48. The van der Waals surface area contributed by atoms with Crippen molar-refractivity contribution in [3.63, 3.8) is 0 Å². The van der Waals surface area contributed by atoms with Gasteiger partial charge in [-0.1, -0.05) is 0 Å². The number of aromatic nitrogens is 2. The number of nitrogens with one attached hydrogen (secondary N) is 2. The lowest BCUT2D eigenvalue weighted by Gasteiger charge is -2.32. The van der Waals surface area contributed by atoms with Gasteiger partial charge >= 0.3 is 0 Å². The van der Waals surface area contributed by atoms with Crippen molar-refractivity contribution in [3.05, 3.63) is 30.1 Å². The van der Waals surface area contributed by atoms with Gasteiger partial charge in [0.25, 0.3) is 11.6 Å². The predicted molar refractivity (Wildman–Crippen MR) is 92.9 cm³/mol. The minimum Gasteiger partial charge on any atom is -0.378 e. The van der Waals surface area contributed by atoms with E-state index in [2.05, 4.69) is 29.0 Å². The van der Waals surface area contributed by atoms with Crippen LogP contribution >= 0.6 is 0 Å². The largest absolute Gasteiger partial charge is 0.378 e. The van der Waals surface area contributed by atoms with E-state index in [0.29, 0.717) is 5.56 Å². The van der Waals surface area contributed by atoms with E-state index in [1.54, 1.807) is 6.20 Å². The number of hydrogen-bond acceptors (Lipinski definition) is 3. The normalized spacial score (nSPS) is 16.2. The first-order valence-corrected chi connectivity index (χ1v) is 8.68. The van der Waals surface area contributed by atoms with Crippen molar-refractivity contribution in [2.45, 2.75) is 25.4 Å². The molecule has 6 heteroatoms. The fraction of sp³-hybridized carbons (Fsp3) is 0.556. The maximum absolute atomic E-state index is 12.7. The van der Waals surface area contributed by atoms with Crippen LogP contribution in [0.3, 0.4) is 0 Å². The monoisotopic (exact) mass is 331 g/mol. The Labute approximate surface area is 142 Å². The Bertz CT molecular complexity index is 674. The molecule has 1 aliphatic heterocycles. The molecule has 0 bridgehead atoms. The van der Waals surface area contributed by atoms with E-state index in [1.807, 2.05) is 23.2 Å². The van der Waals surface area contributed by atoms with Crippen LogP contribution in [0.25, 0.3) is 11.0 Å². The van der Waals surface area contributed by atoms with Crippen LogP contribution in [0.2, 0.25) is 0 Å². The van der Waals surface area contributed by atoms with Gasteiger partial charge < -0.3 is 14.5 Å². The number of piperidine rings is 1. The number of hydrogen-bond donors (Lipinski definition) is 1. The molecular formula is C18H27N4O2+. The standard InChI is InChI=1S/C18H26N4O2/c1-21(2)8-3-11-24-16-5-9-22(10-6-16)18(23)15-12-14-4-7-19-17(14)20-13-15/h4,7,12-13,16H,3,5-6,8-11H2,1-2H3,(H,19,20)/p+1. The van der Waals surface area contributed by atoms with Crippen molar-refractivity contribution in [2.24, 2.45) is 0 Å². The van der Waals surface area contributed by atoms with E-state index in [-0.39, 0.29) is 12.0 Å². The number of aromatic amines is 2. The Morgan fingerprint density at radius 3 is 2.96 bits per heavy atom. The minimum absolute atomic E-state index is 0.0976. The summed E-state index contributed by atoms with van der Waals surface area (Å²) in [5, 5.41) is 1.03. The van der Waals surface area contributed by atoms with Crippen molar-refractivity contribution in [1.82, 2.24) is 14.8 Å². The van der Waals surface area contributed by atoms with Gasteiger partial charge in [0.15, 0.2) is 0 Å². The molecule has 2 aromatic rings. The molecule has 2 aromatic heterocycles. The quantitative estimate of drug-likeness (QED) is 0.817. The number of fused-ring (bicyclic) bond motifs is 1. The zero-order valence-corrected chi connectivity index (χ0v) is 14.5. The van der Waals surface area contributed by atoms with Crippen molar-refractivity contribution in [3.8, 4) is 0 Å². The number of carbonyl (C=O) groups is 1. The number of carbonyl (C=O) groups excluding carboxylic acids is 1. The third-order valence-corrected chi connectivity index (χ3v) is 4.54. The number of nitrogens with zero attached hydrogens (tertiary/aromatic N) is 2. The summed E-state index contributed by atoms with van der Waals surface area (Å²) in [5.41, 5.74) is 1.66. The highest BCUT2D eigenvalue weighted by molar-refractivity contribution is 5.96. The lowest BCUT2D eigenvalue weighted by molar-refractivity contribution is -0.347. The van der Waals surface area contributed by atoms with Crippen molar-refractivity contribution >= 4 is 16.9 Å². The lowest BCUT2D eigenvalue weighted by atomic mass is 10.1. The summed E-state index contributed by atoms with van der Waals surface area (Å²) in [7, 11) is 4.15. The molecule has 3 rings (SSSR count). The summed E-state index contributed by atoms with van der Waals surface area (Å²) >= 11 is 0. The van der Waals surface area contributed by atoms with E-state index in [9.17, 15) is 4.79 Å². The van der Waals surface area contributed by atoms with Crippen LogP contribution in [-0.2, 0) is 4.74 Å². The molecule has 24 heavy (non-hydrogen) atoms. The van der Waals surface area contributed by atoms with E-state index in [4.69, 9.17) is 4.74 Å². The molecule has 1 fully saturated rings. The third kappa shape index (κ3) is 4.13. The highest BCUT2D eigenvalue weighted by atomic mass is 16.5. The van der Waals surface area contributed by atoms with E-state index in [1.165, 1.54) is 0 Å². The van der Waals surface area contributed by atoms with E-state index < -0.39 is 0 Å². The molecule has 0 radical (unpaired) electrons. The maximum atomic E-state index is 12.7. The average molecular weight is 331 g/mol. The zero-order chi connectivity index (χ0) is 16.9. The molecule has 3 heterocycles. The maximum Gasteiger partial charge on any atom is 0.284 e. The second-order valence-corrected chi connectivity index (χ2v) is 6.72. The highest BCUT2D eigenvalue weighted by Gasteiger charge is 2.24. The van der Waals surface area contributed by atoms with Gasteiger partial charge in [0.2, 0.25) is 0 Å². The summed E-state index contributed by atoms with van der Waals surface area (Å²) < 4.78 is 5.94. The Hall–Kier alpha value is -1.92. The molecule has 1 aliphatic rings. The number of H-pyrrole nitrogens is 2. The van der Waals surface area contributed by atoms with E-state index in [0.717, 1.165) is 56.5 Å². The summed E-state index contributed by atoms with van der Waals surface area (Å²) in [4.78, 5) is 23.0. The van der Waals surface area contributed by atoms with Crippen molar-refractivity contribution in [2.75, 3.05) is 40.3 Å². The predicted octanol–water partition coefficient (Wildman–Crippen LogP) is 1.55. The summed E-state index contributed by atoms with van der Waals surface area (Å²) in [6.45, 7) is 3.39. The Morgan fingerprint density at radius 2 is 2.21 bits per heavy atom. The summed E-state index contributed by atoms with van der Waals surface area (Å²) in [6.07, 6.45) is 6.83. The minimum atomic E-state index is 0.0976. The van der Waals surface area contributed by atoms with Crippen molar-refractivity contribution in [1.29, 1.82) is 0 Å². The van der Waals surface area contributed by atoms with Gasteiger partial charge in [-0.2, -0.15) is 0 Å². The second-order valence-electron chi connectivity index (χ2n) is 6.72. The molecule has 130 valence electrons. The van der Waals surface area contributed by atoms with Gasteiger partial charge in [-0.05, 0) is 52.0 Å². The van der Waals surface area contributed by atoms with Crippen LogP contribution in [0.1, 0.15) is 29.6 Å². The number of pyridine rings is 1. The number of rotatable bonds is 6. The van der Waals surface area contributed by atoms with Crippen LogP contribution in [0.4, 0.5) is 0 Å². The smallest absolute Gasteiger partial charge is 0.284 e. The number of likely N-dealkylation sites (tertiary alicyclic amines) is 1. The highest BCUT2D eigenvalue weighted by Crippen LogP contribution is 2.17. The van der Waals surface area contributed by atoms with E-state index >= 15 is 0 Å². The van der Waals surface area contributed by atoms with Gasteiger partial charge in [-0.3, -0.25) is 4.79 Å². The number of ether oxygens (including phenoxy) is 1. The molecule has 0 saturated carbocycles. The molecule has 0 atom stereocenters. The molecule has 6 nitrogen and oxygen atoms in total. The van der Waals surface area contributed by atoms with Gasteiger partial charge in [0.1, 0.15) is 6.20 Å². The SMILES string of the molecule is CN(C)CCCOC1CCN(C(=O)c2c[nH+]c3[nH]ccc3c2)CC1. The molecule has 0 aliphatic carbocycles. The van der Waals surface area contributed by atoms with Crippen LogP contribution < -0.4 is 4.98 Å². The zero-order valence-electron chi connectivity index (χ0n) is 14.5. The van der Waals surface area contributed by atoms with Crippen molar-refractivity contribution < 1.29 is 14.5 Å². The third-order valence-electron chi connectivity index (χ3n) is 4.54. The Balaban J connectivity index is 1.48. The molecular weight excluding hydrogens is 304 g/mol. The van der Waals surface area contributed by atoms with Crippen LogP contribution in [0, 0.1) is 0 Å². The molecule has 0 unspecified atom stereocenters. The molecule has 1 amide bonds. The van der Waals surface area contributed by atoms with Crippen LogP contribution in [0.15, 0.2) is 24.5 Å². The fourth-order valence-corrected chi connectivity index (χ4v) is 3.15. The van der Waals surface area contributed by atoms with Gasteiger partial charge in [-0.15, -0.1) is 0 Å². The van der Waals surface area contributed by atoms with Gasteiger partial charge in [-0.25, -0.2) is 9.97 Å². The van der Waals surface area contributed by atoms with Gasteiger partial charge in [0, 0.05) is 19.7 Å². The Morgan fingerprint density at radius 1 is 1.42 bits per heavy atom. The molecule has 0 aromatic carbocycles. The average Bonchev–Trinajstić information content (AvgIpc) is 3.06. The molecule has 2 N–H and O–H groups in total. The lowest BCUT2D eigenvalue weighted by Crippen LogP contribution is -2.41. The summed E-state index contributed by atoms with van der Waals surface area (Å²) in [6, 6.07) is 3.91. The first-order chi connectivity index (χ1) is 11.6. The topological polar surface area (TPSA) is 62.7 Å². The summed E-state index contributed by atoms with van der Waals surface area (Å²) in [5.74, 6) is 0.0976. The number of amides is 1. The van der Waals surface area contributed by atoms with Crippen LogP contribution in [-0.4, -0.2) is 67.1 Å². The second kappa shape index (κ2) is 7.77.